The first-order valence-corrected chi connectivity index (χ1v) is 16.6. The van der Waals surface area contributed by atoms with E-state index in [1.807, 2.05) is 79.7 Å². The van der Waals surface area contributed by atoms with Crippen molar-refractivity contribution in [3.63, 3.8) is 0 Å². The maximum atomic E-state index is 12.1. The molecule has 252 valence electrons. The number of unbranched alkanes of at least 4 members (excludes halogenated alkanes) is 2. The van der Waals surface area contributed by atoms with Crippen LogP contribution in [-0.2, 0) is 23.9 Å². The second-order valence-corrected chi connectivity index (χ2v) is 11.7. The molecule has 4 aromatic rings. The fourth-order valence-electron chi connectivity index (χ4n) is 4.68. The molecule has 4 aromatic carbocycles. The van der Waals surface area contributed by atoms with Crippen molar-refractivity contribution in [1.82, 2.24) is 0 Å². The van der Waals surface area contributed by atoms with Crippen molar-refractivity contribution in [2.24, 2.45) is 0 Å². The summed E-state index contributed by atoms with van der Waals surface area (Å²) in [6.07, 6.45) is 2.88. The van der Waals surface area contributed by atoms with Crippen molar-refractivity contribution in [2.75, 3.05) is 39.4 Å². The highest BCUT2D eigenvalue weighted by molar-refractivity contribution is 9.09. The number of hydrogen-bond acceptors (Lipinski definition) is 9. The van der Waals surface area contributed by atoms with Crippen LogP contribution in [0.25, 0.3) is 21.5 Å². The summed E-state index contributed by atoms with van der Waals surface area (Å²) in [5, 5.41) is 14.4. The molecule has 0 fully saturated rings. The Morgan fingerprint density at radius 1 is 0.660 bits per heavy atom. The van der Waals surface area contributed by atoms with Gasteiger partial charge in [-0.2, -0.15) is 0 Å². The fraction of sp³-hybridized carbons (Fsp3) is 0.389. The third-order valence-electron chi connectivity index (χ3n) is 7.60. The molecule has 4 rings (SSSR count). The van der Waals surface area contributed by atoms with Crippen molar-refractivity contribution in [2.45, 2.75) is 51.4 Å². The maximum absolute atomic E-state index is 12.1. The third-order valence-corrected chi connectivity index (χ3v) is 8.16. The predicted octanol–water partition coefficient (Wildman–Crippen LogP) is 8.15. The molecular weight excluding hydrogens is 670 g/mol. The first-order valence-electron chi connectivity index (χ1n) is 15.5. The number of benzene rings is 4. The van der Waals surface area contributed by atoms with Gasteiger partial charge in [-0.25, -0.2) is 0 Å². The second-order valence-electron chi connectivity index (χ2n) is 10.9. The molecule has 0 spiro atoms. The minimum Gasteiger partial charge on any atom is -0.497 e. The molecule has 0 amide bonds. The number of halogens is 1. The zero-order valence-corrected chi connectivity index (χ0v) is 28.8. The lowest BCUT2D eigenvalue weighted by atomic mass is 9.98. The lowest BCUT2D eigenvalue weighted by Gasteiger charge is -2.13. The quantitative estimate of drug-likeness (QED) is 0.0372. The van der Waals surface area contributed by atoms with Crippen LogP contribution in [0.4, 0.5) is 0 Å². The summed E-state index contributed by atoms with van der Waals surface area (Å²) in [5.74, 6) is 0.496. The minimum absolute atomic E-state index is 0.00818. The molecule has 2 atom stereocenters. The van der Waals surface area contributed by atoms with Crippen molar-refractivity contribution < 1.29 is 38.5 Å². The van der Waals surface area contributed by atoms with Crippen molar-refractivity contribution in [1.29, 1.82) is 0 Å². The predicted molar refractivity (Wildman–Crippen MR) is 185 cm³/mol. The van der Waals surface area contributed by atoms with Gasteiger partial charge in [0.2, 0.25) is 0 Å². The zero-order chi connectivity index (χ0) is 34.2. The van der Waals surface area contributed by atoms with Crippen molar-refractivity contribution >= 4 is 49.4 Å². The molecule has 0 N–H and O–H groups in total. The number of alkyl halides is 1. The highest BCUT2D eigenvalue weighted by Gasteiger charge is 2.18. The van der Waals surface area contributed by atoms with Gasteiger partial charge in [0, 0.05) is 5.33 Å². The molecule has 0 aliphatic rings. The molecule has 0 saturated carbocycles. The van der Waals surface area contributed by atoms with E-state index in [1.165, 1.54) is 0 Å². The number of nitrogens with zero attached hydrogens (tertiary/aromatic N) is 1. The Hall–Kier alpha value is -4.38. The van der Waals surface area contributed by atoms with Gasteiger partial charge < -0.3 is 23.8 Å². The molecule has 10 nitrogen and oxygen atoms in total. The summed E-state index contributed by atoms with van der Waals surface area (Å²) < 4.78 is 21.0. The standard InChI is InChI=1S/C18H21BrO3.C18H21NO6/c1-13(18(20)22-10-4-3-9-19)14-5-6-16-12-17(21-2)8-7-15(16)11-14;1-13(18(20)24-9-3-4-10-25-19(21)22)14-5-6-16-12-17(23-2)8-7-15(16)11-14/h5-8,11-13H,3-4,9-10H2,1-2H3;5-8,11-13H,3-4,9-10H2,1-2H3/t2*13-/m00/s1. The number of esters is 2. The van der Waals surface area contributed by atoms with Crippen LogP contribution in [0.1, 0.15) is 62.5 Å². The minimum atomic E-state index is -0.830. The Bertz CT molecular complexity index is 1630. The van der Waals surface area contributed by atoms with E-state index in [0.717, 1.165) is 62.3 Å². The molecule has 0 aliphatic heterocycles. The lowest BCUT2D eigenvalue weighted by molar-refractivity contribution is -0.757. The summed E-state index contributed by atoms with van der Waals surface area (Å²) in [6, 6.07) is 23.5. The van der Waals surface area contributed by atoms with E-state index in [4.69, 9.17) is 18.9 Å². The Kier molecular flexibility index (Phi) is 15.2. The number of ether oxygens (including phenoxy) is 4. The average molecular weight is 713 g/mol. The van der Waals surface area contributed by atoms with E-state index < -0.39 is 5.09 Å². The third kappa shape index (κ3) is 11.7. The number of methoxy groups -OCH3 is 2. The highest BCUT2D eigenvalue weighted by Crippen LogP contribution is 2.27. The van der Waals surface area contributed by atoms with E-state index in [0.29, 0.717) is 19.4 Å². The molecular formula is C36H42BrNO9. The van der Waals surface area contributed by atoms with Gasteiger partial charge in [-0.15, -0.1) is 10.1 Å². The van der Waals surface area contributed by atoms with Crippen molar-refractivity contribution in [3.8, 4) is 11.5 Å². The molecule has 0 unspecified atom stereocenters. The maximum Gasteiger partial charge on any atom is 0.313 e. The van der Waals surface area contributed by atoms with Gasteiger partial charge in [0.05, 0.1) is 45.9 Å². The fourth-order valence-corrected chi connectivity index (χ4v) is 5.08. The van der Waals surface area contributed by atoms with Crippen LogP contribution in [0.15, 0.2) is 72.8 Å². The molecule has 0 aliphatic carbocycles. The molecule has 47 heavy (non-hydrogen) atoms. The summed E-state index contributed by atoms with van der Waals surface area (Å²) in [6.45, 7) is 4.39. The van der Waals surface area contributed by atoms with E-state index >= 15 is 0 Å². The molecule has 0 aromatic heterocycles. The first kappa shape index (κ1) is 37.1. The second kappa shape index (κ2) is 19.3. The number of carbonyl (C=O) groups is 2. The monoisotopic (exact) mass is 711 g/mol. The Morgan fingerprint density at radius 3 is 1.49 bits per heavy atom. The normalized spacial score (nSPS) is 11.9. The zero-order valence-electron chi connectivity index (χ0n) is 27.2. The van der Waals surface area contributed by atoms with Gasteiger partial charge in [0.25, 0.3) is 5.09 Å². The lowest BCUT2D eigenvalue weighted by Crippen LogP contribution is -2.14. The Morgan fingerprint density at radius 2 is 1.06 bits per heavy atom. The Balaban J connectivity index is 0.000000257. The molecule has 11 heteroatoms. The van der Waals surface area contributed by atoms with E-state index in [2.05, 4.69) is 20.8 Å². The van der Waals surface area contributed by atoms with Crippen LogP contribution in [0, 0.1) is 10.1 Å². The van der Waals surface area contributed by atoms with Gasteiger partial charge in [0.1, 0.15) is 11.5 Å². The highest BCUT2D eigenvalue weighted by atomic mass is 79.9. The SMILES string of the molecule is COc1ccc2cc([C@H](C)C(=O)OCCCCBr)ccc2c1.COc1ccc2cc([C@H](C)C(=O)OCCCCO[N+](=O)[O-])ccc2c1. The van der Waals surface area contributed by atoms with Crippen LogP contribution in [0.5, 0.6) is 11.5 Å². The largest absolute Gasteiger partial charge is 0.497 e. The number of hydrogen-bond donors (Lipinski definition) is 0. The molecule has 0 bridgehead atoms. The summed E-state index contributed by atoms with van der Waals surface area (Å²) >= 11 is 3.37. The van der Waals surface area contributed by atoms with Crippen molar-refractivity contribution in [3.05, 3.63) is 94.0 Å². The number of rotatable bonds is 16. The van der Waals surface area contributed by atoms with Crippen LogP contribution in [0.2, 0.25) is 0 Å². The average Bonchev–Trinajstić information content (AvgIpc) is 3.09. The summed E-state index contributed by atoms with van der Waals surface area (Å²) in [4.78, 5) is 38.4. The van der Waals surface area contributed by atoms with E-state index in [9.17, 15) is 19.7 Å². The van der Waals surface area contributed by atoms with Gasteiger partial charge in [-0.3, -0.25) is 9.59 Å². The topological polar surface area (TPSA) is 123 Å². The van der Waals surface area contributed by atoms with E-state index in [-0.39, 0.29) is 37.0 Å². The van der Waals surface area contributed by atoms with E-state index in [1.54, 1.807) is 21.1 Å². The molecule has 0 heterocycles. The first-order chi connectivity index (χ1) is 22.7. The number of carbonyl (C=O) groups excluding carboxylic acids is 2. The summed E-state index contributed by atoms with van der Waals surface area (Å²) in [5.41, 5.74) is 1.85. The van der Waals surface area contributed by atoms with Gasteiger partial charge in [0.15, 0.2) is 0 Å². The smallest absolute Gasteiger partial charge is 0.313 e. The van der Waals surface area contributed by atoms with Crippen LogP contribution < -0.4 is 9.47 Å². The van der Waals surface area contributed by atoms with Crippen LogP contribution in [-0.4, -0.2) is 56.4 Å². The summed E-state index contributed by atoms with van der Waals surface area (Å²) in [7, 11) is 3.28. The van der Waals surface area contributed by atoms with Gasteiger partial charge >= 0.3 is 11.9 Å². The Labute approximate surface area is 283 Å². The van der Waals surface area contributed by atoms with Gasteiger partial charge in [-0.1, -0.05) is 64.5 Å². The van der Waals surface area contributed by atoms with Crippen LogP contribution >= 0.6 is 15.9 Å². The van der Waals surface area contributed by atoms with Crippen LogP contribution in [0.3, 0.4) is 0 Å². The van der Waals surface area contributed by atoms with Gasteiger partial charge in [-0.05, 0) is 96.5 Å². The molecule has 0 radical (unpaired) electrons. The molecule has 0 saturated heterocycles. The number of fused-ring (bicyclic) bond motifs is 2.